The van der Waals surface area contributed by atoms with Crippen LogP contribution >= 0.6 is 0 Å². The van der Waals surface area contributed by atoms with E-state index in [1.54, 1.807) is 21.0 Å². The maximum atomic E-state index is 9.88. The number of para-hydroxylation sites is 1. The molecule has 0 aromatic heterocycles. The van der Waals surface area contributed by atoms with Gasteiger partial charge < -0.3 is 20.5 Å². The van der Waals surface area contributed by atoms with Gasteiger partial charge in [0.25, 0.3) is 0 Å². The van der Waals surface area contributed by atoms with Crippen LogP contribution in [-0.4, -0.2) is 30.9 Å². The van der Waals surface area contributed by atoms with E-state index in [-0.39, 0.29) is 0 Å². The summed E-state index contributed by atoms with van der Waals surface area (Å²) in [5.74, 6) is 0.664. The van der Waals surface area contributed by atoms with Crippen molar-refractivity contribution in [3.8, 4) is 5.75 Å². The minimum atomic E-state index is -0.758. The minimum absolute atomic E-state index is 0.529. The molecule has 1 aromatic rings. The van der Waals surface area contributed by atoms with E-state index in [1.807, 2.05) is 30.0 Å². The third kappa shape index (κ3) is 3.53. The summed E-state index contributed by atoms with van der Waals surface area (Å²) in [4.78, 5) is 2.04. The van der Waals surface area contributed by atoms with E-state index in [9.17, 15) is 5.11 Å². The van der Waals surface area contributed by atoms with Gasteiger partial charge in [-0.05, 0) is 32.9 Å². The van der Waals surface area contributed by atoms with Crippen molar-refractivity contribution in [2.24, 2.45) is 0 Å². The van der Waals surface area contributed by atoms with Crippen LogP contribution in [0.5, 0.6) is 5.75 Å². The summed E-state index contributed by atoms with van der Waals surface area (Å²) >= 11 is 0. The molecule has 17 heavy (non-hydrogen) atoms. The second-order valence-electron chi connectivity index (χ2n) is 4.72. The quantitative estimate of drug-likeness (QED) is 0.769. The van der Waals surface area contributed by atoms with Crippen molar-refractivity contribution in [3.63, 3.8) is 0 Å². The maximum absolute atomic E-state index is 9.88. The Kier molecular flexibility index (Phi) is 4.23. The Balaban J connectivity index is 3.04. The Morgan fingerprint density at radius 1 is 1.41 bits per heavy atom. The van der Waals surface area contributed by atoms with E-state index in [1.165, 1.54) is 0 Å². The standard InChI is InChI=1S/C13H22N2O2/c1-5-15(9-13(2,3)16)10-7-6-8-11(17-4)12(10)14/h6-8,16H,5,9,14H2,1-4H3. The van der Waals surface area contributed by atoms with Crippen LogP contribution in [0.1, 0.15) is 20.8 Å². The van der Waals surface area contributed by atoms with Gasteiger partial charge in [0.15, 0.2) is 0 Å². The number of anilines is 2. The Morgan fingerprint density at radius 3 is 2.53 bits per heavy atom. The summed E-state index contributed by atoms with van der Waals surface area (Å²) in [5.41, 5.74) is 6.79. The number of nitrogens with two attached hydrogens (primary N) is 1. The molecule has 0 aliphatic rings. The van der Waals surface area contributed by atoms with E-state index in [2.05, 4.69) is 0 Å². The van der Waals surface area contributed by atoms with Gasteiger partial charge in [-0.1, -0.05) is 6.07 Å². The van der Waals surface area contributed by atoms with Crippen LogP contribution in [0.3, 0.4) is 0 Å². The number of nitrogens with zero attached hydrogens (tertiary/aromatic N) is 1. The molecule has 0 spiro atoms. The smallest absolute Gasteiger partial charge is 0.143 e. The summed E-state index contributed by atoms with van der Waals surface area (Å²) in [5, 5.41) is 9.88. The van der Waals surface area contributed by atoms with E-state index in [0.29, 0.717) is 18.0 Å². The van der Waals surface area contributed by atoms with Crippen molar-refractivity contribution in [1.82, 2.24) is 0 Å². The van der Waals surface area contributed by atoms with Gasteiger partial charge in [0.1, 0.15) is 5.75 Å². The molecule has 0 atom stereocenters. The van der Waals surface area contributed by atoms with Crippen LogP contribution in [0.25, 0.3) is 0 Å². The van der Waals surface area contributed by atoms with Gasteiger partial charge in [0.05, 0.1) is 24.1 Å². The minimum Gasteiger partial charge on any atom is -0.495 e. The highest BCUT2D eigenvalue weighted by Crippen LogP contribution is 2.32. The largest absolute Gasteiger partial charge is 0.495 e. The SMILES string of the molecule is CCN(CC(C)(C)O)c1cccc(OC)c1N. The first-order chi connectivity index (χ1) is 7.89. The highest BCUT2D eigenvalue weighted by atomic mass is 16.5. The number of nitrogen functional groups attached to an aromatic ring is 1. The highest BCUT2D eigenvalue weighted by molar-refractivity contribution is 5.74. The van der Waals surface area contributed by atoms with E-state index in [4.69, 9.17) is 10.5 Å². The van der Waals surface area contributed by atoms with Crippen LogP contribution in [0.15, 0.2) is 18.2 Å². The molecule has 0 heterocycles. The van der Waals surface area contributed by atoms with E-state index in [0.717, 1.165) is 12.2 Å². The zero-order valence-electron chi connectivity index (χ0n) is 11.0. The fourth-order valence-electron chi connectivity index (χ4n) is 1.82. The predicted octanol–water partition coefficient (Wildman–Crippen LogP) is 1.87. The normalized spacial score (nSPS) is 11.4. The molecule has 4 heteroatoms. The molecule has 0 amide bonds. The number of hydrogen-bond donors (Lipinski definition) is 2. The van der Waals surface area contributed by atoms with E-state index < -0.39 is 5.60 Å². The molecule has 0 saturated carbocycles. The lowest BCUT2D eigenvalue weighted by Crippen LogP contribution is -2.38. The van der Waals surface area contributed by atoms with Gasteiger partial charge in [-0.3, -0.25) is 0 Å². The van der Waals surface area contributed by atoms with Crippen molar-refractivity contribution in [1.29, 1.82) is 0 Å². The predicted molar refractivity (Wildman–Crippen MR) is 71.6 cm³/mol. The molecule has 0 unspecified atom stereocenters. The topological polar surface area (TPSA) is 58.7 Å². The molecule has 0 aliphatic carbocycles. The maximum Gasteiger partial charge on any atom is 0.143 e. The van der Waals surface area contributed by atoms with Crippen molar-refractivity contribution in [2.75, 3.05) is 30.8 Å². The molecule has 96 valence electrons. The molecule has 1 rings (SSSR count). The van der Waals surface area contributed by atoms with E-state index >= 15 is 0 Å². The third-order valence-electron chi connectivity index (χ3n) is 2.56. The van der Waals surface area contributed by atoms with Gasteiger partial charge in [-0.25, -0.2) is 0 Å². The Labute approximate surface area is 103 Å². The highest BCUT2D eigenvalue weighted by Gasteiger charge is 2.19. The summed E-state index contributed by atoms with van der Waals surface area (Å²) in [6.45, 7) is 6.91. The first-order valence-corrected chi connectivity index (χ1v) is 5.79. The molecule has 0 bridgehead atoms. The lowest BCUT2D eigenvalue weighted by atomic mass is 10.1. The van der Waals surface area contributed by atoms with Gasteiger partial charge >= 0.3 is 0 Å². The molecule has 4 nitrogen and oxygen atoms in total. The van der Waals surface area contributed by atoms with Gasteiger partial charge in [-0.2, -0.15) is 0 Å². The third-order valence-corrected chi connectivity index (χ3v) is 2.56. The van der Waals surface area contributed by atoms with Crippen molar-refractivity contribution >= 4 is 11.4 Å². The van der Waals surface area contributed by atoms with Crippen molar-refractivity contribution in [2.45, 2.75) is 26.4 Å². The number of benzene rings is 1. The Hall–Kier alpha value is -1.42. The second kappa shape index (κ2) is 5.27. The fraction of sp³-hybridized carbons (Fsp3) is 0.538. The van der Waals surface area contributed by atoms with Crippen molar-refractivity contribution in [3.05, 3.63) is 18.2 Å². The lowest BCUT2D eigenvalue weighted by Gasteiger charge is -2.31. The van der Waals surface area contributed by atoms with Gasteiger partial charge in [0.2, 0.25) is 0 Å². The lowest BCUT2D eigenvalue weighted by molar-refractivity contribution is 0.0876. The first-order valence-electron chi connectivity index (χ1n) is 5.79. The number of methoxy groups -OCH3 is 1. The molecule has 3 N–H and O–H groups in total. The second-order valence-corrected chi connectivity index (χ2v) is 4.72. The number of rotatable bonds is 5. The van der Waals surface area contributed by atoms with Crippen LogP contribution < -0.4 is 15.4 Å². The summed E-state index contributed by atoms with van der Waals surface area (Å²) in [6.07, 6.45) is 0. The number of likely N-dealkylation sites (N-methyl/N-ethyl adjacent to an activating group) is 1. The summed E-state index contributed by atoms with van der Waals surface area (Å²) in [7, 11) is 1.60. The average Bonchev–Trinajstić information content (AvgIpc) is 2.25. The Bertz CT molecular complexity index is 372. The van der Waals surface area contributed by atoms with Crippen LogP contribution in [-0.2, 0) is 0 Å². The van der Waals surface area contributed by atoms with Crippen LogP contribution in [0.4, 0.5) is 11.4 Å². The molecule has 0 aliphatic heterocycles. The molecular formula is C13H22N2O2. The average molecular weight is 238 g/mol. The fourth-order valence-corrected chi connectivity index (χ4v) is 1.82. The zero-order valence-corrected chi connectivity index (χ0v) is 11.0. The summed E-state index contributed by atoms with van der Waals surface area (Å²) in [6, 6.07) is 5.67. The van der Waals surface area contributed by atoms with Gasteiger partial charge in [-0.15, -0.1) is 0 Å². The molecular weight excluding hydrogens is 216 g/mol. The molecule has 1 aromatic carbocycles. The Morgan fingerprint density at radius 2 is 2.06 bits per heavy atom. The number of ether oxygens (including phenoxy) is 1. The monoisotopic (exact) mass is 238 g/mol. The number of hydrogen-bond acceptors (Lipinski definition) is 4. The summed E-state index contributed by atoms with van der Waals surface area (Å²) < 4.78 is 5.20. The number of aliphatic hydroxyl groups is 1. The molecule has 0 fully saturated rings. The molecule has 0 saturated heterocycles. The molecule has 0 radical (unpaired) electrons. The van der Waals surface area contributed by atoms with Crippen LogP contribution in [0, 0.1) is 0 Å². The first kappa shape index (κ1) is 13.6. The van der Waals surface area contributed by atoms with Crippen LogP contribution in [0.2, 0.25) is 0 Å². The van der Waals surface area contributed by atoms with Gasteiger partial charge in [0, 0.05) is 13.1 Å². The van der Waals surface area contributed by atoms with Crippen molar-refractivity contribution < 1.29 is 9.84 Å². The zero-order chi connectivity index (χ0) is 13.1.